The number of halogens is 2. The average Bonchev–Trinajstić information content (AvgIpc) is 3.13. The van der Waals surface area contributed by atoms with Crippen molar-refractivity contribution in [1.82, 2.24) is 9.88 Å². The fourth-order valence-corrected chi connectivity index (χ4v) is 4.42. The summed E-state index contributed by atoms with van der Waals surface area (Å²) in [5.41, 5.74) is 0.855. The predicted octanol–water partition coefficient (Wildman–Crippen LogP) is 4.95. The highest BCUT2D eigenvalue weighted by Gasteiger charge is 2.21. The minimum Gasteiger partial charge on any atom is -0.484 e. The van der Waals surface area contributed by atoms with Crippen LogP contribution in [0.4, 0.5) is 9.52 Å². The number of nitrogens with zero attached hydrogens (tertiary/aromatic N) is 3. The van der Waals surface area contributed by atoms with Gasteiger partial charge in [-0.25, -0.2) is 9.37 Å². The van der Waals surface area contributed by atoms with Crippen molar-refractivity contribution in [3.8, 4) is 5.75 Å². The van der Waals surface area contributed by atoms with Crippen LogP contribution in [0.1, 0.15) is 13.8 Å². The molecular formula is C21H23BrFN3O2S. The fourth-order valence-electron chi connectivity index (χ4n) is 2.86. The number of aromatic nitrogens is 1. The number of ether oxygens (including phenoxy) is 1. The van der Waals surface area contributed by atoms with Crippen molar-refractivity contribution in [2.75, 3.05) is 37.7 Å². The molecule has 0 aliphatic heterocycles. The fraction of sp³-hybridized carbons (Fsp3) is 0.333. The molecule has 1 aromatic heterocycles. The van der Waals surface area contributed by atoms with Gasteiger partial charge >= 0.3 is 0 Å². The number of likely N-dealkylation sites (N-methyl/N-ethyl adjacent to an activating group) is 1. The summed E-state index contributed by atoms with van der Waals surface area (Å²) >= 11 is 4.96. The van der Waals surface area contributed by atoms with E-state index in [0.717, 1.165) is 34.3 Å². The van der Waals surface area contributed by atoms with Crippen LogP contribution >= 0.6 is 27.3 Å². The third-order valence-electron chi connectivity index (χ3n) is 4.58. The van der Waals surface area contributed by atoms with E-state index in [1.54, 1.807) is 4.90 Å². The lowest BCUT2D eigenvalue weighted by Gasteiger charge is -2.24. The number of hydrogen-bond acceptors (Lipinski definition) is 5. The van der Waals surface area contributed by atoms with E-state index in [0.29, 0.717) is 17.4 Å². The standard InChI is InChI=1S/C21H23BrFN3O2S/c1-3-25(4-2)11-12-26(20(27)14-28-17-8-6-16(23)7-9-17)21-24-18-10-5-15(22)13-19(18)29-21/h5-10,13H,3-4,11-12,14H2,1-2H3. The first kappa shape index (κ1) is 21.7. The molecule has 0 N–H and O–H groups in total. The van der Waals surface area contributed by atoms with Crippen molar-refractivity contribution >= 4 is 48.5 Å². The van der Waals surface area contributed by atoms with Crippen LogP contribution in [0.5, 0.6) is 5.75 Å². The maximum Gasteiger partial charge on any atom is 0.266 e. The molecule has 1 amide bonds. The second-order valence-corrected chi connectivity index (χ2v) is 8.35. The van der Waals surface area contributed by atoms with Gasteiger partial charge in [0.1, 0.15) is 11.6 Å². The van der Waals surface area contributed by atoms with Gasteiger partial charge < -0.3 is 9.64 Å². The molecule has 0 aliphatic rings. The molecule has 3 rings (SSSR count). The molecule has 0 bridgehead atoms. The summed E-state index contributed by atoms with van der Waals surface area (Å²) in [6, 6.07) is 11.5. The van der Waals surface area contributed by atoms with Crippen LogP contribution in [0.3, 0.4) is 0 Å². The molecule has 0 saturated carbocycles. The molecule has 0 atom stereocenters. The molecule has 2 aromatic carbocycles. The lowest BCUT2D eigenvalue weighted by molar-refractivity contribution is -0.120. The first-order valence-electron chi connectivity index (χ1n) is 9.47. The number of rotatable bonds is 9. The van der Waals surface area contributed by atoms with Crippen LogP contribution in [0.2, 0.25) is 0 Å². The lowest BCUT2D eigenvalue weighted by Crippen LogP contribution is -2.41. The number of benzene rings is 2. The number of thiazole rings is 1. The summed E-state index contributed by atoms with van der Waals surface area (Å²) in [6.45, 7) is 7.16. The van der Waals surface area contributed by atoms with Gasteiger partial charge in [-0.15, -0.1) is 0 Å². The van der Waals surface area contributed by atoms with E-state index in [2.05, 4.69) is 39.7 Å². The summed E-state index contributed by atoms with van der Waals surface area (Å²) in [6.07, 6.45) is 0. The summed E-state index contributed by atoms with van der Waals surface area (Å²) < 4.78 is 20.6. The Labute approximate surface area is 182 Å². The highest BCUT2D eigenvalue weighted by atomic mass is 79.9. The molecule has 0 spiro atoms. The van der Waals surface area contributed by atoms with Gasteiger partial charge in [0, 0.05) is 17.6 Å². The van der Waals surface area contributed by atoms with E-state index < -0.39 is 0 Å². The zero-order chi connectivity index (χ0) is 20.8. The molecule has 3 aromatic rings. The lowest BCUT2D eigenvalue weighted by atomic mass is 10.3. The smallest absolute Gasteiger partial charge is 0.266 e. The Kier molecular flexibility index (Phi) is 7.57. The van der Waals surface area contributed by atoms with Crippen molar-refractivity contribution in [2.24, 2.45) is 0 Å². The largest absolute Gasteiger partial charge is 0.484 e. The first-order chi connectivity index (χ1) is 14.0. The summed E-state index contributed by atoms with van der Waals surface area (Å²) in [5.74, 6) is -0.0681. The van der Waals surface area contributed by atoms with E-state index in [1.807, 2.05) is 18.2 Å². The number of fused-ring (bicyclic) bond motifs is 1. The van der Waals surface area contributed by atoms with Gasteiger partial charge in [-0.2, -0.15) is 0 Å². The summed E-state index contributed by atoms with van der Waals surface area (Å²) in [4.78, 5) is 21.6. The Morgan fingerprint density at radius 3 is 2.55 bits per heavy atom. The Hall–Kier alpha value is -2.03. The van der Waals surface area contributed by atoms with Gasteiger partial charge in [-0.1, -0.05) is 41.1 Å². The van der Waals surface area contributed by atoms with Crippen molar-refractivity contribution in [3.63, 3.8) is 0 Å². The van der Waals surface area contributed by atoms with Gasteiger partial charge in [-0.05, 0) is 55.6 Å². The molecule has 0 saturated heterocycles. The van der Waals surface area contributed by atoms with Crippen LogP contribution in [-0.4, -0.2) is 48.6 Å². The molecule has 0 unspecified atom stereocenters. The molecular weight excluding hydrogens is 457 g/mol. The zero-order valence-corrected chi connectivity index (χ0v) is 18.8. The van der Waals surface area contributed by atoms with Gasteiger partial charge in [0.2, 0.25) is 0 Å². The molecule has 8 heteroatoms. The third-order valence-corrected chi connectivity index (χ3v) is 6.12. The first-order valence-corrected chi connectivity index (χ1v) is 11.1. The topological polar surface area (TPSA) is 45.7 Å². The van der Waals surface area contributed by atoms with Crippen molar-refractivity contribution in [3.05, 3.63) is 52.8 Å². The van der Waals surface area contributed by atoms with Gasteiger partial charge in [0.25, 0.3) is 5.91 Å². The van der Waals surface area contributed by atoms with E-state index in [1.165, 1.54) is 35.6 Å². The second kappa shape index (κ2) is 10.1. The minimum absolute atomic E-state index is 0.135. The van der Waals surface area contributed by atoms with Gasteiger partial charge in [0.15, 0.2) is 11.7 Å². The minimum atomic E-state index is -0.342. The Balaban J connectivity index is 1.78. The Bertz CT molecular complexity index is 960. The highest BCUT2D eigenvalue weighted by Crippen LogP contribution is 2.31. The average molecular weight is 480 g/mol. The van der Waals surface area contributed by atoms with Crippen molar-refractivity contribution in [1.29, 1.82) is 0 Å². The van der Waals surface area contributed by atoms with E-state index in [4.69, 9.17) is 4.74 Å². The van der Waals surface area contributed by atoms with Crippen LogP contribution in [0.15, 0.2) is 46.9 Å². The maximum atomic E-state index is 13.1. The highest BCUT2D eigenvalue weighted by molar-refractivity contribution is 9.10. The molecule has 0 fully saturated rings. The summed E-state index contributed by atoms with van der Waals surface area (Å²) in [5, 5.41) is 0.651. The number of carbonyl (C=O) groups is 1. The molecule has 0 aliphatic carbocycles. The molecule has 5 nitrogen and oxygen atoms in total. The van der Waals surface area contributed by atoms with Gasteiger partial charge in [0.05, 0.1) is 10.2 Å². The van der Waals surface area contributed by atoms with Crippen LogP contribution in [0, 0.1) is 5.82 Å². The van der Waals surface area contributed by atoms with E-state index in [9.17, 15) is 9.18 Å². The number of hydrogen-bond donors (Lipinski definition) is 0. The Morgan fingerprint density at radius 2 is 1.86 bits per heavy atom. The monoisotopic (exact) mass is 479 g/mol. The van der Waals surface area contributed by atoms with Crippen LogP contribution in [-0.2, 0) is 4.79 Å². The number of carbonyl (C=O) groups excluding carboxylic acids is 1. The normalized spacial score (nSPS) is 11.2. The molecule has 154 valence electrons. The van der Waals surface area contributed by atoms with Crippen LogP contribution < -0.4 is 9.64 Å². The Morgan fingerprint density at radius 1 is 1.14 bits per heavy atom. The quantitative estimate of drug-likeness (QED) is 0.435. The SMILES string of the molecule is CCN(CC)CCN(C(=O)COc1ccc(F)cc1)c1nc2ccc(Br)cc2s1. The van der Waals surface area contributed by atoms with Crippen molar-refractivity contribution in [2.45, 2.75) is 13.8 Å². The molecule has 0 radical (unpaired) electrons. The van der Waals surface area contributed by atoms with Crippen molar-refractivity contribution < 1.29 is 13.9 Å². The second-order valence-electron chi connectivity index (χ2n) is 6.42. The predicted molar refractivity (Wildman–Crippen MR) is 119 cm³/mol. The zero-order valence-electron chi connectivity index (χ0n) is 16.4. The van der Waals surface area contributed by atoms with Gasteiger partial charge in [-0.3, -0.25) is 9.69 Å². The molecule has 1 heterocycles. The van der Waals surface area contributed by atoms with E-state index >= 15 is 0 Å². The summed E-state index contributed by atoms with van der Waals surface area (Å²) in [7, 11) is 0. The van der Waals surface area contributed by atoms with Crippen LogP contribution in [0.25, 0.3) is 10.2 Å². The molecule has 29 heavy (non-hydrogen) atoms. The maximum absolute atomic E-state index is 13.1. The number of anilines is 1. The number of amides is 1. The third kappa shape index (κ3) is 5.74. The van der Waals surface area contributed by atoms with E-state index in [-0.39, 0.29) is 18.3 Å².